The van der Waals surface area contributed by atoms with E-state index in [2.05, 4.69) is 4.52 Å². The lowest BCUT2D eigenvalue weighted by molar-refractivity contribution is -0.147. The van der Waals surface area contributed by atoms with Gasteiger partial charge in [-0.3, -0.25) is 18.9 Å². The highest BCUT2D eigenvalue weighted by molar-refractivity contribution is 7.46. The second kappa shape index (κ2) is 5.64. The van der Waals surface area contributed by atoms with Crippen LogP contribution in [0.3, 0.4) is 0 Å². The predicted octanol–water partition coefficient (Wildman–Crippen LogP) is 0.239. The standard InChI is InChI=1S/C9H15O7P/c1-6(10)9(7(2)11,8(3)12)4-5-16-17(13,14)15/h4-5H2,1-3H3,(H2,13,14,15). The lowest BCUT2D eigenvalue weighted by Gasteiger charge is -2.25. The third kappa shape index (κ3) is 4.12. The fourth-order valence-electron chi connectivity index (χ4n) is 1.59. The van der Waals surface area contributed by atoms with E-state index in [1.165, 1.54) is 0 Å². The highest BCUT2D eigenvalue weighted by Crippen LogP contribution is 2.37. The molecular weight excluding hydrogens is 251 g/mol. The molecule has 0 aliphatic carbocycles. The summed E-state index contributed by atoms with van der Waals surface area (Å²) in [6.07, 6.45) is -0.377. The fraction of sp³-hybridized carbons (Fsp3) is 0.667. The Balaban J connectivity index is 4.97. The Hall–Kier alpha value is -0.880. The minimum Gasteiger partial charge on any atom is -0.303 e. The van der Waals surface area contributed by atoms with Gasteiger partial charge in [0.05, 0.1) is 6.61 Å². The van der Waals surface area contributed by atoms with E-state index in [9.17, 15) is 18.9 Å². The van der Waals surface area contributed by atoms with Crippen molar-refractivity contribution in [2.24, 2.45) is 5.41 Å². The molecule has 0 rings (SSSR count). The largest absolute Gasteiger partial charge is 0.469 e. The zero-order chi connectivity index (χ0) is 13.9. The molecule has 17 heavy (non-hydrogen) atoms. The molecule has 0 radical (unpaired) electrons. The first-order valence-corrected chi connectivity index (χ1v) is 6.30. The van der Waals surface area contributed by atoms with Crippen LogP contribution in [-0.2, 0) is 23.5 Å². The molecule has 7 nitrogen and oxygen atoms in total. The molecule has 0 aromatic carbocycles. The summed E-state index contributed by atoms with van der Waals surface area (Å²) in [7, 11) is -4.68. The SMILES string of the molecule is CC(=O)C(CCOP(=O)(O)O)(C(C)=O)C(C)=O. The number of carbonyl (C=O) groups is 3. The molecule has 0 heterocycles. The third-order valence-electron chi connectivity index (χ3n) is 2.54. The number of ketones is 3. The van der Waals surface area contributed by atoms with Crippen molar-refractivity contribution in [1.82, 2.24) is 0 Å². The van der Waals surface area contributed by atoms with Crippen LogP contribution in [0, 0.1) is 5.41 Å². The van der Waals surface area contributed by atoms with Crippen molar-refractivity contribution >= 4 is 25.2 Å². The zero-order valence-electron chi connectivity index (χ0n) is 9.80. The molecule has 8 heteroatoms. The summed E-state index contributed by atoms with van der Waals surface area (Å²) < 4.78 is 14.6. The summed E-state index contributed by atoms with van der Waals surface area (Å²) in [4.78, 5) is 51.2. The summed E-state index contributed by atoms with van der Waals surface area (Å²) in [5.74, 6) is -1.98. The van der Waals surface area contributed by atoms with E-state index in [4.69, 9.17) is 9.79 Å². The van der Waals surface area contributed by atoms with E-state index in [1.54, 1.807) is 0 Å². The smallest absolute Gasteiger partial charge is 0.303 e. The second-order valence-corrected chi connectivity index (χ2v) is 4.89. The highest BCUT2D eigenvalue weighted by Gasteiger charge is 2.45. The molecule has 0 aliphatic heterocycles. The van der Waals surface area contributed by atoms with Gasteiger partial charge in [0, 0.05) is 0 Å². The van der Waals surface area contributed by atoms with Gasteiger partial charge in [0.2, 0.25) is 0 Å². The van der Waals surface area contributed by atoms with Crippen LogP contribution in [0.25, 0.3) is 0 Å². The number of Topliss-reactive ketones (excluding diaryl/α,β-unsaturated/α-hetero) is 3. The summed E-state index contributed by atoms with van der Waals surface area (Å²) in [5, 5.41) is 0. The van der Waals surface area contributed by atoms with Crippen LogP contribution in [0.15, 0.2) is 0 Å². The van der Waals surface area contributed by atoms with Gasteiger partial charge in [-0.2, -0.15) is 0 Å². The number of phosphoric ester groups is 1. The van der Waals surface area contributed by atoms with Gasteiger partial charge in [0.15, 0.2) is 17.3 Å². The molecule has 0 fully saturated rings. The van der Waals surface area contributed by atoms with E-state index in [0.717, 1.165) is 20.8 Å². The monoisotopic (exact) mass is 266 g/mol. The first-order chi connectivity index (χ1) is 7.54. The minimum absolute atomic E-state index is 0.377. The topological polar surface area (TPSA) is 118 Å². The average molecular weight is 266 g/mol. The summed E-state index contributed by atoms with van der Waals surface area (Å²) in [6.45, 7) is 2.70. The van der Waals surface area contributed by atoms with Crippen LogP contribution in [0.1, 0.15) is 27.2 Å². The van der Waals surface area contributed by atoms with Crippen LogP contribution in [0.5, 0.6) is 0 Å². The lowest BCUT2D eigenvalue weighted by Crippen LogP contribution is -2.43. The van der Waals surface area contributed by atoms with Crippen molar-refractivity contribution in [3.05, 3.63) is 0 Å². The summed E-state index contributed by atoms with van der Waals surface area (Å²) >= 11 is 0. The molecular formula is C9H15O7P. The van der Waals surface area contributed by atoms with E-state index in [0.29, 0.717) is 0 Å². The normalized spacial score (nSPS) is 12.3. The Labute approximate surface area is 98.4 Å². The molecule has 98 valence electrons. The van der Waals surface area contributed by atoms with Gasteiger partial charge >= 0.3 is 7.82 Å². The molecule has 0 aromatic heterocycles. The highest BCUT2D eigenvalue weighted by atomic mass is 31.2. The zero-order valence-corrected chi connectivity index (χ0v) is 10.7. The van der Waals surface area contributed by atoms with E-state index in [-0.39, 0.29) is 6.42 Å². The molecule has 0 atom stereocenters. The first-order valence-electron chi connectivity index (χ1n) is 4.77. The third-order valence-corrected chi connectivity index (χ3v) is 3.06. The van der Waals surface area contributed by atoms with Gasteiger partial charge in [0.1, 0.15) is 5.41 Å². The predicted molar refractivity (Wildman–Crippen MR) is 57.1 cm³/mol. The van der Waals surface area contributed by atoms with Crippen molar-refractivity contribution < 1.29 is 33.3 Å². The molecule has 0 saturated carbocycles. The van der Waals surface area contributed by atoms with Crippen molar-refractivity contribution in [2.75, 3.05) is 6.61 Å². The quantitative estimate of drug-likeness (QED) is 0.500. The van der Waals surface area contributed by atoms with Crippen LogP contribution in [-0.4, -0.2) is 33.7 Å². The molecule has 0 saturated heterocycles. The van der Waals surface area contributed by atoms with E-state index < -0.39 is 37.2 Å². The number of hydrogen-bond acceptors (Lipinski definition) is 5. The molecule has 0 amide bonds. The summed E-state index contributed by atoms with van der Waals surface area (Å²) in [6, 6.07) is 0. The maximum Gasteiger partial charge on any atom is 0.469 e. The molecule has 0 unspecified atom stereocenters. The minimum atomic E-state index is -4.68. The van der Waals surface area contributed by atoms with Crippen LogP contribution >= 0.6 is 7.82 Å². The molecule has 0 bridgehead atoms. The van der Waals surface area contributed by atoms with Crippen molar-refractivity contribution in [3.8, 4) is 0 Å². The molecule has 2 N–H and O–H groups in total. The second-order valence-electron chi connectivity index (χ2n) is 3.65. The molecule has 0 aromatic rings. The van der Waals surface area contributed by atoms with Crippen LogP contribution < -0.4 is 0 Å². The van der Waals surface area contributed by atoms with Crippen molar-refractivity contribution in [3.63, 3.8) is 0 Å². The van der Waals surface area contributed by atoms with Gasteiger partial charge < -0.3 is 9.79 Å². The van der Waals surface area contributed by atoms with Crippen molar-refractivity contribution in [2.45, 2.75) is 27.2 Å². The number of hydrogen-bond donors (Lipinski definition) is 2. The number of carbonyl (C=O) groups excluding carboxylic acids is 3. The Morgan fingerprint density at radius 2 is 1.41 bits per heavy atom. The average Bonchev–Trinajstić information content (AvgIpc) is 2.08. The van der Waals surface area contributed by atoms with Crippen LogP contribution in [0.4, 0.5) is 0 Å². The first kappa shape index (κ1) is 16.1. The fourth-order valence-corrected chi connectivity index (χ4v) is 1.92. The Kier molecular flexibility index (Phi) is 5.35. The molecule has 0 spiro atoms. The van der Waals surface area contributed by atoms with Crippen molar-refractivity contribution in [1.29, 1.82) is 0 Å². The molecule has 0 aliphatic rings. The summed E-state index contributed by atoms with van der Waals surface area (Å²) in [5.41, 5.74) is -1.87. The Bertz CT molecular complexity index is 345. The number of rotatable bonds is 7. The maximum absolute atomic E-state index is 11.4. The maximum atomic E-state index is 11.4. The van der Waals surface area contributed by atoms with Gasteiger partial charge in [-0.15, -0.1) is 0 Å². The van der Waals surface area contributed by atoms with E-state index >= 15 is 0 Å². The van der Waals surface area contributed by atoms with Crippen LogP contribution in [0.2, 0.25) is 0 Å². The van der Waals surface area contributed by atoms with Gasteiger partial charge in [-0.1, -0.05) is 0 Å². The van der Waals surface area contributed by atoms with Gasteiger partial charge in [-0.25, -0.2) is 4.57 Å². The van der Waals surface area contributed by atoms with E-state index in [1.807, 2.05) is 0 Å². The number of phosphoric acid groups is 1. The Morgan fingerprint density at radius 1 is 1.06 bits per heavy atom. The van der Waals surface area contributed by atoms with Gasteiger partial charge in [-0.05, 0) is 27.2 Å². The lowest BCUT2D eigenvalue weighted by atomic mass is 9.74. The Morgan fingerprint density at radius 3 is 1.65 bits per heavy atom. The van der Waals surface area contributed by atoms with Gasteiger partial charge in [0.25, 0.3) is 0 Å².